The molecule has 0 saturated heterocycles. The molecule has 0 amide bonds. The van der Waals surface area contributed by atoms with Crippen molar-refractivity contribution in [2.45, 2.75) is 37.7 Å². The average Bonchev–Trinajstić information content (AvgIpc) is 2.81. The first-order valence-electron chi connectivity index (χ1n) is 11.0. The fourth-order valence-corrected chi connectivity index (χ4v) is 4.24. The van der Waals surface area contributed by atoms with Crippen LogP contribution in [0.15, 0.2) is 77.7 Å². The highest BCUT2D eigenvalue weighted by Crippen LogP contribution is 2.21. The van der Waals surface area contributed by atoms with Crippen molar-refractivity contribution in [2.75, 3.05) is 19.4 Å². The Bertz CT molecular complexity index is 1150. The molecule has 0 aliphatic heterocycles. The molecule has 0 spiro atoms. The summed E-state index contributed by atoms with van der Waals surface area (Å²) in [4.78, 5) is 0.267. The maximum atomic E-state index is 11.7. The van der Waals surface area contributed by atoms with Crippen LogP contribution in [0.25, 0.3) is 0 Å². The zero-order valence-electron chi connectivity index (χ0n) is 19.6. The smallest absolute Gasteiger partial charge is 0.175 e. The number of aliphatic hydroxyl groups excluding tert-OH is 1. The third kappa shape index (κ3) is 8.06. The maximum absolute atomic E-state index is 11.7. The zero-order chi connectivity index (χ0) is 24.6. The Morgan fingerprint density at radius 2 is 1.56 bits per heavy atom. The van der Waals surface area contributed by atoms with E-state index in [4.69, 9.17) is 14.2 Å². The molecule has 0 radical (unpaired) electrons. The number of nitrogens with one attached hydrogen (secondary N) is 1. The molecule has 7 nitrogen and oxygen atoms in total. The summed E-state index contributed by atoms with van der Waals surface area (Å²) in [5, 5.41) is 13.3. The topological polar surface area (TPSA) is 94.1 Å². The van der Waals surface area contributed by atoms with Crippen molar-refractivity contribution in [1.29, 1.82) is 0 Å². The highest BCUT2D eigenvalue weighted by atomic mass is 32.2. The van der Waals surface area contributed by atoms with Crippen molar-refractivity contribution in [3.63, 3.8) is 0 Å². The Hall–Kier alpha value is -3.07. The van der Waals surface area contributed by atoms with E-state index in [1.807, 2.05) is 61.5 Å². The van der Waals surface area contributed by atoms with Gasteiger partial charge in [0.15, 0.2) is 9.84 Å². The molecule has 182 valence electrons. The summed E-state index contributed by atoms with van der Waals surface area (Å²) in [5.41, 5.74) is 1.70. The number of aryl methyl sites for hydroxylation is 1. The normalized spacial score (nSPS) is 13.2. The molecule has 0 aromatic heterocycles. The van der Waals surface area contributed by atoms with E-state index in [2.05, 4.69) is 5.32 Å². The molecule has 34 heavy (non-hydrogen) atoms. The second-order valence-corrected chi connectivity index (χ2v) is 10.1. The first kappa shape index (κ1) is 25.6. The van der Waals surface area contributed by atoms with Gasteiger partial charge in [0.05, 0.1) is 4.90 Å². The lowest BCUT2D eigenvalue weighted by Gasteiger charge is -2.19. The second kappa shape index (κ2) is 11.9. The molecule has 0 fully saturated rings. The Morgan fingerprint density at radius 1 is 0.912 bits per heavy atom. The Labute approximate surface area is 201 Å². The lowest BCUT2D eigenvalue weighted by Crippen LogP contribution is -2.39. The van der Waals surface area contributed by atoms with Crippen LogP contribution in [0.5, 0.6) is 17.2 Å². The zero-order valence-corrected chi connectivity index (χ0v) is 20.4. The highest BCUT2D eigenvalue weighted by molar-refractivity contribution is 7.90. The van der Waals surface area contributed by atoms with Crippen LogP contribution in [0.4, 0.5) is 0 Å². The van der Waals surface area contributed by atoms with E-state index in [1.54, 1.807) is 19.1 Å². The number of ether oxygens (including phenoxy) is 3. The van der Waals surface area contributed by atoms with Crippen LogP contribution in [0.2, 0.25) is 0 Å². The fraction of sp³-hybridized carbons (Fsp3) is 0.308. The number of benzene rings is 3. The molecular formula is C26H31NO6S. The summed E-state index contributed by atoms with van der Waals surface area (Å²) in [7, 11) is -3.28. The minimum atomic E-state index is -3.28. The minimum Gasteiger partial charge on any atom is -0.491 e. The first-order valence-corrected chi connectivity index (χ1v) is 12.9. The largest absolute Gasteiger partial charge is 0.491 e. The van der Waals surface area contributed by atoms with Gasteiger partial charge in [-0.3, -0.25) is 5.32 Å². The standard InChI is InChI=1S/C26H31NO6S/c1-19-15-25(13-14-26(19)34(3,29)30)32-18-22(28)16-27-20(2)33-24-11-9-23(10-12-24)31-17-21-7-5-4-6-8-21/h4-15,20,22,27-28H,16-18H2,1-3H3. The van der Waals surface area contributed by atoms with Crippen LogP contribution >= 0.6 is 0 Å². The Kier molecular flexibility index (Phi) is 8.92. The van der Waals surface area contributed by atoms with Gasteiger partial charge in [0.25, 0.3) is 0 Å². The van der Waals surface area contributed by atoms with Crippen molar-refractivity contribution in [1.82, 2.24) is 5.32 Å². The van der Waals surface area contributed by atoms with Crippen LogP contribution in [0, 0.1) is 6.92 Å². The summed E-state index contributed by atoms with van der Waals surface area (Å²) < 4.78 is 40.6. The molecule has 2 unspecified atom stereocenters. The van der Waals surface area contributed by atoms with Gasteiger partial charge in [0.1, 0.15) is 42.8 Å². The molecule has 2 atom stereocenters. The molecule has 0 bridgehead atoms. The van der Waals surface area contributed by atoms with Crippen LogP contribution in [-0.4, -0.2) is 45.3 Å². The van der Waals surface area contributed by atoms with Crippen molar-refractivity contribution in [2.24, 2.45) is 0 Å². The third-order valence-electron chi connectivity index (χ3n) is 5.01. The van der Waals surface area contributed by atoms with E-state index in [1.165, 1.54) is 12.3 Å². The van der Waals surface area contributed by atoms with E-state index in [-0.39, 0.29) is 24.3 Å². The average molecular weight is 486 g/mol. The van der Waals surface area contributed by atoms with Gasteiger partial charge in [0, 0.05) is 12.8 Å². The molecule has 3 aromatic rings. The molecule has 3 rings (SSSR count). The summed E-state index contributed by atoms with van der Waals surface area (Å²) in [6.07, 6.45) is 0.0691. The second-order valence-electron chi connectivity index (χ2n) is 8.08. The van der Waals surface area contributed by atoms with E-state index < -0.39 is 15.9 Å². The van der Waals surface area contributed by atoms with E-state index in [9.17, 15) is 13.5 Å². The molecular weight excluding hydrogens is 454 g/mol. The van der Waals surface area contributed by atoms with E-state index >= 15 is 0 Å². The molecule has 2 N–H and O–H groups in total. The number of aliphatic hydroxyl groups is 1. The molecule has 0 heterocycles. The number of hydrogen-bond donors (Lipinski definition) is 2. The van der Waals surface area contributed by atoms with Crippen LogP contribution in [0.3, 0.4) is 0 Å². The number of sulfone groups is 1. The number of rotatable bonds is 12. The minimum absolute atomic E-state index is 0.0603. The molecule has 0 saturated carbocycles. The Morgan fingerprint density at radius 3 is 2.21 bits per heavy atom. The van der Waals surface area contributed by atoms with Crippen LogP contribution in [0.1, 0.15) is 18.1 Å². The van der Waals surface area contributed by atoms with Gasteiger partial charge >= 0.3 is 0 Å². The summed E-state index contributed by atoms with van der Waals surface area (Å²) >= 11 is 0. The predicted molar refractivity (Wildman–Crippen MR) is 131 cm³/mol. The van der Waals surface area contributed by atoms with Crippen LogP contribution in [-0.2, 0) is 16.4 Å². The summed E-state index contributed by atoms with van der Waals surface area (Å²) in [6.45, 7) is 4.38. The van der Waals surface area contributed by atoms with E-state index in [0.29, 0.717) is 23.7 Å². The molecule has 3 aromatic carbocycles. The van der Waals surface area contributed by atoms with Gasteiger partial charge in [-0.05, 0) is 67.4 Å². The first-order chi connectivity index (χ1) is 16.2. The quantitative estimate of drug-likeness (QED) is 0.378. The summed E-state index contributed by atoms with van der Waals surface area (Å²) in [6, 6.07) is 22.1. The van der Waals surface area contributed by atoms with Gasteiger partial charge in [-0.15, -0.1) is 0 Å². The fourth-order valence-electron chi connectivity index (χ4n) is 3.28. The van der Waals surface area contributed by atoms with Gasteiger partial charge < -0.3 is 19.3 Å². The van der Waals surface area contributed by atoms with E-state index in [0.717, 1.165) is 11.3 Å². The van der Waals surface area contributed by atoms with Crippen molar-refractivity contribution < 1.29 is 27.7 Å². The van der Waals surface area contributed by atoms with Gasteiger partial charge in [-0.1, -0.05) is 30.3 Å². The highest BCUT2D eigenvalue weighted by Gasteiger charge is 2.13. The van der Waals surface area contributed by atoms with Crippen molar-refractivity contribution in [3.8, 4) is 17.2 Å². The van der Waals surface area contributed by atoms with Gasteiger partial charge in [-0.25, -0.2) is 8.42 Å². The maximum Gasteiger partial charge on any atom is 0.175 e. The van der Waals surface area contributed by atoms with Crippen molar-refractivity contribution >= 4 is 9.84 Å². The SMILES string of the molecule is Cc1cc(OCC(O)CNC(C)Oc2ccc(OCc3ccccc3)cc2)ccc1S(C)(=O)=O. The molecule has 0 aliphatic carbocycles. The van der Waals surface area contributed by atoms with Gasteiger partial charge in [0.2, 0.25) is 0 Å². The monoisotopic (exact) mass is 485 g/mol. The molecule has 0 aliphatic rings. The Balaban J connectivity index is 1.38. The molecule has 8 heteroatoms. The third-order valence-corrected chi connectivity index (χ3v) is 6.27. The number of hydrogen-bond acceptors (Lipinski definition) is 7. The summed E-state index contributed by atoms with van der Waals surface area (Å²) in [5.74, 6) is 1.94. The lowest BCUT2D eigenvalue weighted by atomic mass is 10.2. The van der Waals surface area contributed by atoms with Crippen LogP contribution < -0.4 is 19.5 Å². The predicted octanol–water partition coefficient (Wildman–Crippen LogP) is 3.73. The van der Waals surface area contributed by atoms with Crippen molar-refractivity contribution in [3.05, 3.63) is 83.9 Å². The lowest BCUT2D eigenvalue weighted by molar-refractivity contribution is 0.0867. The van der Waals surface area contributed by atoms with Gasteiger partial charge in [-0.2, -0.15) is 0 Å².